The number of hydrogen-bond acceptors (Lipinski definition) is 2. The molecule has 0 radical (unpaired) electrons. The van der Waals surface area contributed by atoms with E-state index in [1.54, 1.807) is 0 Å². The molecule has 2 heteroatoms. The summed E-state index contributed by atoms with van der Waals surface area (Å²) >= 11 is 0. The van der Waals surface area contributed by atoms with Gasteiger partial charge in [0.15, 0.2) is 0 Å². The standard InChI is InChI=1S/C23H44N2/c1-3-5-6-7-8-9-10-11-12-13-14-15-16-17-18-19-23-24-20-22-25(23)21-4-2/h4H,2-3,5-22H2,1H3. The van der Waals surface area contributed by atoms with E-state index in [-0.39, 0.29) is 0 Å². The Morgan fingerprint density at radius 2 is 1.28 bits per heavy atom. The minimum absolute atomic E-state index is 0.970. The molecule has 0 fully saturated rings. The van der Waals surface area contributed by atoms with Crippen LogP contribution in [0, 0.1) is 0 Å². The highest BCUT2D eigenvalue weighted by Gasteiger charge is 2.14. The van der Waals surface area contributed by atoms with Crippen molar-refractivity contribution in [3.05, 3.63) is 12.7 Å². The maximum absolute atomic E-state index is 4.63. The lowest BCUT2D eigenvalue weighted by atomic mass is 10.0. The number of nitrogens with zero attached hydrogens (tertiary/aromatic N) is 2. The highest BCUT2D eigenvalue weighted by Crippen LogP contribution is 2.15. The van der Waals surface area contributed by atoms with Crippen LogP contribution in [-0.2, 0) is 0 Å². The Kier molecular flexibility index (Phi) is 14.8. The zero-order valence-electron chi connectivity index (χ0n) is 17.1. The molecule has 0 atom stereocenters. The molecule has 0 aliphatic carbocycles. The van der Waals surface area contributed by atoms with Gasteiger partial charge in [-0.15, -0.1) is 6.58 Å². The third kappa shape index (κ3) is 12.2. The average Bonchev–Trinajstić information content (AvgIpc) is 3.06. The first kappa shape index (κ1) is 22.3. The second-order valence-corrected chi connectivity index (χ2v) is 7.73. The number of hydrogen-bond donors (Lipinski definition) is 0. The third-order valence-electron chi connectivity index (χ3n) is 5.38. The molecule has 0 bridgehead atoms. The quantitative estimate of drug-likeness (QED) is 0.190. The van der Waals surface area contributed by atoms with Crippen LogP contribution in [0.5, 0.6) is 0 Å². The van der Waals surface area contributed by atoms with Crippen LogP contribution in [0.2, 0.25) is 0 Å². The molecule has 0 unspecified atom stereocenters. The van der Waals surface area contributed by atoms with Gasteiger partial charge in [0, 0.05) is 19.5 Å². The van der Waals surface area contributed by atoms with Crippen molar-refractivity contribution in [3.63, 3.8) is 0 Å². The van der Waals surface area contributed by atoms with Crippen LogP contribution >= 0.6 is 0 Å². The molecule has 146 valence electrons. The van der Waals surface area contributed by atoms with E-state index in [0.717, 1.165) is 19.6 Å². The monoisotopic (exact) mass is 348 g/mol. The highest BCUT2D eigenvalue weighted by molar-refractivity contribution is 5.83. The van der Waals surface area contributed by atoms with Crippen LogP contribution in [0.4, 0.5) is 0 Å². The zero-order chi connectivity index (χ0) is 18.0. The van der Waals surface area contributed by atoms with E-state index in [1.807, 2.05) is 6.08 Å². The summed E-state index contributed by atoms with van der Waals surface area (Å²) in [5.74, 6) is 1.33. The van der Waals surface area contributed by atoms with Crippen molar-refractivity contribution in [3.8, 4) is 0 Å². The van der Waals surface area contributed by atoms with Crippen molar-refractivity contribution in [1.29, 1.82) is 0 Å². The largest absolute Gasteiger partial charge is 0.355 e. The number of aliphatic imine (C=N–C) groups is 1. The van der Waals surface area contributed by atoms with Crippen molar-refractivity contribution in [2.24, 2.45) is 4.99 Å². The Bertz CT molecular complexity index is 335. The van der Waals surface area contributed by atoms with E-state index in [4.69, 9.17) is 0 Å². The van der Waals surface area contributed by atoms with Gasteiger partial charge in [0.05, 0.1) is 12.4 Å². The van der Waals surface area contributed by atoms with Crippen LogP contribution in [0.3, 0.4) is 0 Å². The van der Waals surface area contributed by atoms with Crippen LogP contribution < -0.4 is 0 Å². The van der Waals surface area contributed by atoms with Crippen molar-refractivity contribution in [1.82, 2.24) is 4.90 Å². The van der Waals surface area contributed by atoms with Gasteiger partial charge in [0.25, 0.3) is 0 Å². The smallest absolute Gasteiger partial charge is 0.0993 e. The fraction of sp³-hybridized carbons (Fsp3) is 0.870. The van der Waals surface area contributed by atoms with E-state index in [1.165, 1.54) is 109 Å². The second kappa shape index (κ2) is 16.7. The molecule has 0 saturated carbocycles. The number of rotatable bonds is 18. The van der Waals surface area contributed by atoms with Crippen LogP contribution in [0.15, 0.2) is 17.6 Å². The van der Waals surface area contributed by atoms with E-state index in [9.17, 15) is 0 Å². The van der Waals surface area contributed by atoms with E-state index < -0.39 is 0 Å². The lowest BCUT2D eigenvalue weighted by molar-refractivity contribution is 0.491. The first-order valence-electron chi connectivity index (χ1n) is 11.3. The molecule has 1 heterocycles. The molecule has 2 nitrogen and oxygen atoms in total. The number of unbranched alkanes of at least 4 members (excludes halogenated alkanes) is 14. The highest BCUT2D eigenvalue weighted by atomic mass is 15.2. The van der Waals surface area contributed by atoms with Gasteiger partial charge >= 0.3 is 0 Å². The molecule has 0 amide bonds. The summed E-state index contributed by atoms with van der Waals surface area (Å²) in [6.45, 7) is 9.19. The predicted octanol–water partition coefficient (Wildman–Crippen LogP) is 7.15. The van der Waals surface area contributed by atoms with Gasteiger partial charge in [-0.2, -0.15) is 0 Å². The fourth-order valence-electron chi connectivity index (χ4n) is 3.77. The first-order valence-corrected chi connectivity index (χ1v) is 11.3. The van der Waals surface area contributed by atoms with Crippen molar-refractivity contribution >= 4 is 5.84 Å². The predicted molar refractivity (Wildman–Crippen MR) is 114 cm³/mol. The normalized spacial score (nSPS) is 14.1. The van der Waals surface area contributed by atoms with Gasteiger partial charge in [-0.25, -0.2) is 0 Å². The topological polar surface area (TPSA) is 15.6 Å². The molecule has 0 spiro atoms. The van der Waals surface area contributed by atoms with Gasteiger partial charge in [0.2, 0.25) is 0 Å². The maximum Gasteiger partial charge on any atom is 0.0993 e. The summed E-state index contributed by atoms with van der Waals surface area (Å²) in [6, 6.07) is 0. The summed E-state index contributed by atoms with van der Waals surface area (Å²) < 4.78 is 0. The van der Waals surface area contributed by atoms with Gasteiger partial charge in [-0.3, -0.25) is 4.99 Å². The fourth-order valence-corrected chi connectivity index (χ4v) is 3.77. The lowest BCUT2D eigenvalue weighted by Gasteiger charge is -2.18. The Morgan fingerprint density at radius 1 is 0.800 bits per heavy atom. The van der Waals surface area contributed by atoms with Crippen LogP contribution in [0.1, 0.15) is 110 Å². The molecule has 1 aliphatic heterocycles. The molecule has 0 aromatic carbocycles. The SMILES string of the molecule is C=CCN1CCN=C1CCCCCCCCCCCCCCCCC. The van der Waals surface area contributed by atoms with Gasteiger partial charge < -0.3 is 4.90 Å². The molecule has 25 heavy (non-hydrogen) atoms. The zero-order valence-corrected chi connectivity index (χ0v) is 17.1. The minimum atomic E-state index is 0.970. The summed E-state index contributed by atoms with van der Waals surface area (Å²) in [5.41, 5.74) is 0. The van der Waals surface area contributed by atoms with E-state index >= 15 is 0 Å². The van der Waals surface area contributed by atoms with Gasteiger partial charge in [-0.05, 0) is 6.42 Å². The summed E-state index contributed by atoms with van der Waals surface area (Å²) in [4.78, 5) is 7.02. The molecule has 0 aromatic heterocycles. The van der Waals surface area contributed by atoms with E-state index in [0.29, 0.717) is 0 Å². The summed E-state index contributed by atoms with van der Waals surface area (Å²) in [5, 5.41) is 0. The molecular weight excluding hydrogens is 304 g/mol. The molecule has 0 saturated heterocycles. The Labute approximate surface area is 158 Å². The average molecular weight is 349 g/mol. The van der Waals surface area contributed by atoms with Crippen molar-refractivity contribution in [2.45, 2.75) is 110 Å². The van der Waals surface area contributed by atoms with Gasteiger partial charge in [0.1, 0.15) is 0 Å². The Balaban J connectivity index is 1.77. The third-order valence-corrected chi connectivity index (χ3v) is 5.38. The van der Waals surface area contributed by atoms with Crippen molar-refractivity contribution in [2.75, 3.05) is 19.6 Å². The Hall–Kier alpha value is -0.790. The van der Waals surface area contributed by atoms with Crippen LogP contribution in [0.25, 0.3) is 0 Å². The Morgan fingerprint density at radius 3 is 1.76 bits per heavy atom. The molecule has 0 aromatic rings. The van der Waals surface area contributed by atoms with E-state index in [2.05, 4.69) is 23.4 Å². The second-order valence-electron chi connectivity index (χ2n) is 7.73. The molecule has 1 aliphatic rings. The minimum Gasteiger partial charge on any atom is -0.355 e. The summed E-state index contributed by atoms with van der Waals surface area (Å²) in [7, 11) is 0. The molecule has 0 N–H and O–H groups in total. The number of amidine groups is 1. The van der Waals surface area contributed by atoms with Crippen molar-refractivity contribution < 1.29 is 0 Å². The van der Waals surface area contributed by atoms with Crippen LogP contribution in [-0.4, -0.2) is 30.4 Å². The van der Waals surface area contributed by atoms with Gasteiger partial charge in [-0.1, -0.05) is 103 Å². The first-order chi connectivity index (χ1) is 12.4. The maximum atomic E-state index is 4.63. The summed E-state index contributed by atoms with van der Waals surface area (Å²) in [6.07, 6.45) is 24.6. The lowest BCUT2D eigenvalue weighted by Crippen LogP contribution is -2.27. The molecular formula is C23H44N2. The molecule has 1 rings (SSSR count).